The van der Waals surface area contributed by atoms with Gasteiger partial charge in [-0.15, -0.1) is 0 Å². The maximum atomic E-state index is 12.8. The number of hydrogen-bond donors (Lipinski definition) is 2. The summed E-state index contributed by atoms with van der Waals surface area (Å²) in [5.74, 6) is 2.24. The second-order valence-electron chi connectivity index (χ2n) is 7.45. The van der Waals surface area contributed by atoms with E-state index in [4.69, 9.17) is 9.15 Å². The minimum atomic E-state index is -0.278. The Labute approximate surface area is 183 Å². The number of rotatable bonds is 6. The van der Waals surface area contributed by atoms with Crippen LogP contribution in [-0.2, 0) is 6.61 Å². The van der Waals surface area contributed by atoms with Gasteiger partial charge in [0.05, 0.1) is 5.69 Å². The molecule has 1 amide bonds. The first kappa shape index (κ1) is 19.6. The Balaban J connectivity index is 1.28. The highest BCUT2D eigenvalue weighted by Crippen LogP contribution is 2.27. The molecule has 0 radical (unpaired) electrons. The molecule has 8 nitrogen and oxygen atoms in total. The van der Waals surface area contributed by atoms with Gasteiger partial charge in [0.25, 0.3) is 5.91 Å². The van der Waals surface area contributed by atoms with Crippen LogP contribution in [0.2, 0.25) is 0 Å². The van der Waals surface area contributed by atoms with Crippen molar-refractivity contribution in [3.8, 4) is 17.2 Å². The summed E-state index contributed by atoms with van der Waals surface area (Å²) < 4.78 is 13.4. The Hall–Kier alpha value is -4.33. The number of nitrogens with zero attached hydrogens (tertiary/aromatic N) is 3. The molecule has 0 aliphatic rings. The van der Waals surface area contributed by atoms with Crippen LogP contribution in [0.25, 0.3) is 17.1 Å². The van der Waals surface area contributed by atoms with Crippen LogP contribution in [0.5, 0.6) is 5.75 Å². The van der Waals surface area contributed by atoms with Crippen LogP contribution >= 0.6 is 0 Å². The fraction of sp³-hybridized carbons (Fsp3) is 0.125. The highest BCUT2D eigenvalue weighted by Gasteiger charge is 2.16. The topological polar surface area (TPSA) is 97.5 Å². The smallest absolute Gasteiger partial charge is 0.257 e. The van der Waals surface area contributed by atoms with Crippen LogP contribution in [0.1, 0.15) is 27.4 Å². The molecule has 4 heterocycles. The number of amides is 1. The number of aromatic nitrogens is 4. The van der Waals surface area contributed by atoms with Crippen molar-refractivity contribution >= 4 is 17.4 Å². The number of pyridine rings is 1. The average Bonchev–Trinajstić information content (AvgIpc) is 3.51. The van der Waals surface area contributed by atoms with Crippen molar-refractivity contribution in [3.63, 3.8) is 0 Å². The van der Waals surface area contributed by atoms with Crippen molar-refractivity contribution in [2.45, 2.75) is 20.5 Å². The minimum absolute atomic E-state index is 0.278. The van der Waals surface area contributed by atoms with E-state index < -0.39 is 0 Å². The van der Waals surface area contributed by atoms with E-state index in [1.54, 1.807) is 18.2 Å². The monoisotopic (exact) mass is 427 g/mol. The van der Waals surface area contributed by atoms with E-state index >= 15 is 0 Å². The lowest BCUT2D eigenvalue weighted by atomic mass is 10.2. The largest absolute Gasteiger partial charge is 0.487 e. The normalized spacial score (nSPS) is 11.1. The van der Waals surface area contributed by atoms with Gasteiger partial charge in [-0.3, -0.25) is 9.89 Å². The molecule has 0 fully saturated rings. The number of hydrogen-bond acceptors (Lipinski definition) is 5. The molecule has 0 saturated heterocycles. The summed E-state index contributed by atoms with van der Waals surface area (Å²) in [4.78, 5) is 17.3. The first-order valence-electron chi connectivity index (χ1n) is 10.2. The van der Waals surface area contributed by atoms with E-state index in [0.717, 1.165) is 28.4 Å². The van der Waals surface area contributed by atoms with E-state index in [9.17, 15) is 4.79 Å². The second kappa shape index (κ2) is 8.07. The third-order valence-electron chi connectivity index (χ3n) is 5.13. The van der Waals surface area contributed by atoms with Gasteiger partial charge in [-0.05, 0) is 56.3 Å². The Morgan fingerprint density at radius 3 is 2.88 bits per heavy atom. The van der Waals surface area contributed by atoms with E-state index in [1.165, 1.54) is 0 Å². The molecular formula is C24H21N5O3. The van der Waals surface area contributed by atoms with Crippen LogP contribution in [0.3, 0.4) is 0 Å². The molecule has 0 spiro atoms. The molecule has 0 unspecified atom stereocenters. The third-order valence-corrected chi connectivity index (χ3v) is 5.13. The van der Waals surface area contributed by atoms with Crippen molar-refractivity contribution in [3.05, 3.63) is 89.6 Å². The summed E-state index contributed by atoms with van der Waals surface area (Å²) in [7, 11) is 0. The van der Waals surface area contributed by atoms with Crippen LogP contribution in [0, 0.1) is 13.8 Å². The first-order valence-corrected chi connectivity index (χ1v) is 10.2. The highest BCUT2D eigenvalue weighted by molar-refractivity contribution is 6.04. The van der Waals surface area contributed by atoms with Crippen LogP contribution in [0.15, 0.2) is 71.4 Å². The number of furan rings is 1. The van der Waals surface area contributed by atoms with E-state index in [1.807, 2.05) is 67.0 Å². The van der Waals surface area contributed by atoms with E-state index in [-0.39, 0.29) is 5.91 Å². The van der Waals surface area contributed by atoms with Crippen LogP contribution in [0.4, 0.5) is 5.82 Å². The lowest BCUT2D eigenvalue weighted by molar-refractivity contribution is 0.102. The number of H-pyrrole nitrogens is 1. The number of benzene rings is 1. The second-order valence-corrected chi connectivity index (χ2v) is 7.45. The summed E-state index contributed by atoms with van der Waals surface area (Å²) in [6, 6.07) is 16.6. The minimum Gasteiger partial charge on any atom is -0.487 e. The Bertz CT molecular complexity index is 1380. The standard InChI is InChI=1S/C24H21N5O3/c1-15-9-10-20(32-15)22-16(2)23(28-27-22)26-24(30)17-6-5-7-19(12-17)31-14-18-13-29-11-4-3-8-21(29)25-18/h3-13H,14H2,1-2H3,(H2,26,27,28,30). The van der Waals surface area contributed by atoms with Gasteiger partial charge in [-0.25, -0.2) is 4.98 Å². The Morgan fingerprint density at radius 2 is 2.06 bits per heavy atom. The number of nitrogens with one attached hydrogen (secondary N) is 2. The maximum absolute atomic E-state index is 12.8. The summed E-state index contributed by atoms with van der Waals surface area (Å²) in [5, 5.41) is 10.0. The fourth-order valence-corrected chi connectivity index (χ4v) is 3.45. The molecule has 0 bridgehead atoms. The number of aromatic amines is 1. The average molecular weight is 427 g/mol. The van der Waals surface area contributed by atoms with Crippen LogP contribution < -0.4 is 10.1 Å². The van der Waals surface area contributed by atoms with Gasteiger partial charge >= 0.3 is 0 Å². The molecule has 1 aromatic carbocycles. The fourth-order valence-electron chi connectivity index (χ4n) is 3.45. The molecule has 5 aromatic rings. The number of fused-ring (bicyclic) bond motifs is 1. The molecule has 0 aliphatic heterocycles. The summed E-state index contributed by atoms with van der Waals surface area (Å²) >= 11 is 0. The van der Waals surface area contributed by atoms with E-state index in [2.05, 4.69) is 20.5 Å². The third kappa shape index (κ3) is 3.85. The molecule has 0 saturated carbocycles. The predicted molar refractivity (Wildman–Crippen MR) is 120 cm³/mol. The molecule has 0 atom stereocenters. The predicted octanol–water partition coefficient (Wildman–Crippen LogP) is 4.77. The van der Waals surface area contributed by atoms with Gasteiger partial charge < -0.3 is 18.9 Å². The van der Waals surface area contributed by atoms with Gasteiger partial charge in [0, 0.05) is 23.5 Å². The number of imidazole rings is 1. The zero-order valence-electron chi connectivity index (χ0n) is 17.6. The molecule has 8 heteroatoms. The zero-order chi connectivity index (χ0) is 22.1. The molecule has 5 rings (SSSR count). The lowest BCUT2D eigenvalue weighted by Gasteiger charge is -2.07. The summed E-state index contributed by atoms with van der Waals surface area (Å²) in [6.45, 7) is 4.06. The van der Waals surface area contributed by atoms with Gasteiger partial charge in [0.15, 0.2) is 11.6 Å². The van der Waals surface area contributed by atoms with Gasteiger partial charge in [0.2, 0.25) is 0 Å². The maximum Gasteiger partial charge on any atom is 0.257 e. The molecule has 4 aromatic heterocycles. The van der Waals surface area contributed by atoms with Gasteiger partial charge in [-0.2, -0.15) is 5.10 Å². The Kier molecular flexibility index (Phi) is 4.95. The molecule has 2 N–H and O–H groups in total. The number of aryl methyl sites for hydroxylation is 1. The molecule has 160 valence electrons. The number of anilines is 1. The SMILES string of the molecule is Cc1ccc(-c2[nH]nc(NC(=O)c3cccc(OCc4cn5ccccc5n4)c3)c2C)o1. The number of carbonyl (C=O) groups excluding carboxylic acids is 1. The van der Waals surface area contributed by atoms with Crippen LogP contribution in [-0.4, -0.2) is 25.5 Å². The zero-order valence-corrected chi connectivity index (χ0v) is 17.6. The van der Waals surface area contributed by atoms with Crippen molar-refractivity contribution < 1.29 is 13.9 Å². The van der Waals surface area contributed by atoms with Gasteiger partial charge in [-0.1, -0.05) is 12.1 Å². The van der Waals surface area contributed by atoms with Crippen molar-refractivity contribution in [1.29, 1.82) is 0 Å². The van der Waals surface area contributed by atoms with Crippen molar-refractivity contribution in [2.24, 2.45) is 0 Å². The quantitative estimate of drug-likeness (QED) is 0.407. The lowest BCUT2D eigenvalue weighted by Crippen LogP contribution is -2.13. The summed E-state index contributed by atoms with van der Waals surface area (Å²) in [6.07, 6.45) is 3.86. The summed E-state index contributed by atoms with van der Waals surface area (Å²) in [5.41, 5.74) is 3.66. The number of ether oxygens (including phenoxy) is 1. The molecule has 0 aliphatic carbocycles. The Morgan fingerprint density at radius 1 is 1.16 bits per heavy atom. The highest BCUT2D eigenvalue weighted by atomic mass is 16.5. The molecular weight excluding hydrogens is 406 g/mol. The number of carbonyl (C=O) groups is 1. The van der Waals surface area contributed by atoms with Crippen molar-refractivity contribution in [2.75, 3.05) is 5.32 Å². The molecule has 32 heavy (non-hydrogen) atoms. The first-order chi connectivity index (χ1) is 15.6. The van der Waals surface area contributed by atoms with E-state index in [0.29, 0.717) is 29.5 Å². The van der Waals surface area contributed by atoms with Gasteiger partial charge in [0.1, 0.15) is 29.5 Å². The van der Waals surface area contributed by atoms with Crippen molar-refractivity contribution in [1.82, 2.24) is 19.6 Å².